The fourth-order valence-corrected chi connectivity index (χ4v) is 3.61. The third kappa shape index (κ3) is 1.96. The predicted octanol–water partition coefficient (Wildman–Crippen LogP) is 3.85. The topological polar surface area (TPSA) is 64.9 Å². The molecule has 0 bridgehead atoms. The molecule has 1 aliphatic carbocycles. The molecule has 4 nitrogen and oxygen atoms in total. The molecule has 0 unspecified atom stereocenters. The second kappa shape index (κ2) is 4.70. The van der Waals surface area contributed by atoms with Gasteiger partial charge in [-0.3, -0.25) is 0 Å². The Balaban J connectivity index is 1.74. The summed E-state index contributed by atoms with van der Waals surface area (Å²) in [7, 11) is 0. The van der Waals surface area contributed by atoms with Crippen LogP contribution in [-0.2, 0) is 5.41 Å². The summed E-state index contributed by atoms with van der Waals surface area (Å²) in [6.45, 7) is 0. The van der Waals surface area contributed by atoms with E-state index in [2.05, 4.69) is 34.4 Å². The second-order valence-corrected chi connectivity index (χ2v) is 6.54. The van der Waals surface area contributed by atoms with Gasteiger partial charge in [0.05, 0.1) is 15.3 Å². The number of nitrogens with two attached hydrogens (primary N) is 1. The smallest absolute Gasteiger partial charge is 0.268 e. The van der Waals surface area contributed by atoms with Gasteiger partial charge in [0, 0.05) is 0 Å². The number of nitrogens with zero attached hydrogens (tertiary/aromatic N) is 2. The SMILES string of the molecule is Nc1ccc(-c2nc(C3(c4ccccc4)CCC3)no2)s1. The third-order valence-corrected chi connectivity index (χ3v) is 5.13. The average molecular weight is 297 g/mol. The number of hydrogen-bond donors (Lipinski definition) is 1. The van der Waals surface area contributed by atoms with E-state index in [1.807, 2.05) is 18.2 Å². The van der Waals surface area contributed by atoms with Crippen LogP contribution in [0.25, 0.3) is 10.8 Å². The summed E-state index contributed by atoms with van der Waals surface area (Å²) in [5.41, 5.74) is 6.96. The van der Waals surface area contributed by atoms with Crippen LogP contribution in [0.2, 0.25) is 0 Å². The zero-order valence-electron chi connectivity index (χ0n) is 11.5. The lowest BCUT2D eigenvalue weighted by Crippen LogP contribution is -2.36. The first kappa shape index (κ1) is 12.6. The van der Waals surface area contributed by atoms with Gasteiger partial charge >= 0.3 is 0 Å². The zero-order valence-corrected chi connectivity index (χ0v) is 12.3. The highest BCUT2D eigenvalue weighted by atomic mass is 32.1. The molecule has 21 heavy (non-hydrogen) atoms. The van der Waals surface area contributed by atoms with Crippen LogP contribution in [0, 0.1) is 0 Å². The molecule has 0 radical (unpaired) electrons. The van der Waals surface area contributed by atoms with Crippen LogP contribution < -0.4 is 5.73 Å². The van der Waals surface area contributed by atoms with Crippen molar-refractivity contribution in [1.82, 2.24) is 10.1 Å². The Labute approximate surface area is 126 Å². The second-order valence-electron chi connectivity index (χ2n) is 5.43. The molecule has 4 rings (SSSR count). The largest absolute Gasteiger partial charge is 0.391 e. The summed E-state index contributed by atoms with van der Waals surface area (Å²) in [6.07, 6.45) is 3.34. The highest BCUT2D eigenvalue weighted by Crippen LogP contribution is 2.48. The third-order valence-electron chi connectivity index (χ3n) is 4.23. The van der Waals surface area contributed by atoms with Crippen molar-refractivity contribution in [1.29, 1.82) is 0 Å². The summed E-state index contributed by atoms with van der Waals surface area (Å²) in [5.74, 6) is 1.36. The van der Waals surface area contributed by atoms with E-state index >= 15 is 0 Å². The summed E-state index contributed by atoms with van der Waals surface area (Å²) >= 11 is 1.47. The maximum Gasteiger partial charge on any atom is 0.268 e. The number of thiophene rings is 1. The van der Waals surface area contributed by atoms with Crippen LogP contribution in [-0.4, -0.2) is 10.1 Å². The molecule has 2 N–H and O–H groups in total. The molecule has 1 aliphatic rings. The van der Waals surface area contributed by atoms with Crippen molar-refractivity contribution in [3.63, 3.8) is 0 Å². The van der Waals surface area contributed by atoms with E-state index in [0.717, 1.165) is 28.5 Å². The summed E-state index contributed by atoms with van der Waals surface area (Å²) in [5, 5.41) is 5.01. The van der Waals surface area contributed by atoms with Gasteiger partial charge in [-0.25, -0.2) is 0 Å². The Bertz CT molecular complexity index is 759. The predicted molar refractivity (Wildman–Crippen MR) is 83.1 cm³/mol. The summed E-state index contributed by atoms with van der Waals surface area (Å²) in [4.78, 5) is 5.57. The highest BCUT2D eigenvalue weighted by Gasteiger charge is 2.44. The van der Waals surface area contributed by atoms with Gasteiger partial charge in [-0.2, -0.15) is 4.98 Å². The molecule has 0 spiro atoms. The van der Waals surface area contributed by atoms with Crippen molar-refractivity contribution in [2.24, 2.45) is 0 Å². The molecule has 3 aromatic rings. The van der Waals surface area contributed by atoms with Crippen LogP contribution in [0.1, 0.15) is 30.7 Å². The molecule has 5 heteroatoms. The molecule has 0 atom stereocenters. The first-order valence-corrected chi connectivity index (χ1v) is 7.85. The minimum Gasteiger partial charge on any atom is -0.391 e. The lowest BCUT2D eigenvalue weighted by molar-refractivity contribution is 0.273. The Morgan fingerprint density at radius 1 is 1.10 bits per heavy atom. The summed E-state index contributed by atoms with van der Waals surface area (Å²) < 4.78 is 5.46. The van der Waals surface area contributed by atoms with Crippen molar-refractivity contribution in [2.75, 3.05) is 5.73 Å². The molecule has 2 aromatic heterocycles. The zero-order chi connectivity index (χ0) is 14.3. The average Bonchev–Trinajstić information content (AvgIpc) is 3.08. The van der Waals surface area contributed by atoms with Crippen molar-refractivity contribution < 1.29 is 4.52 Å². The van der Waals surface area contributed by atoms with Crippen molar-refractivity contribution in [3.05, 3.63) is 53.9 Å². The maximum atomic E-state index is 5.77. The highest BCUT2D eigenvalue weighted by molar-refractivity contribution is 7.19. The first-order chi connectivity index (χ1) is 10.3. The molecule has 0 amide bonds. The van der Waals surface area contributed by atoms with Crippen LogP contribution in [0.15, 0.2) is 47.0 Å². The van der Waals surface area contributed by atoms with Gasteiger partial charge in [-0.15, -0.1) is 11.3 Å². The minimum atomic E-state index is -0.0776. The number of nitrogen functional groups attached to an aromatic ring is 1. The quantitative estimate of drug-likeness (QED) is 0.797. The number of aromatic nitrogens is 2. The lowest BCUT2D eigenvalue weighted by atomic mass is 9.64. The fourth-order valence-electron chi connectivity index (χ4n) is 2.91. The van der Waals surface area contributed by atoms with Gasteiger partial charge in [0.2, 0.25) is 0 Å². The van der Waals surface area contributed by atoms with Crippen molar-refractivity contribution in [3.8, 4) is 10.8 Å². The monoisotopic (exact) mass is 297 g/mol. The van der Waals surface area contributed by atoms with E-state index in [4.69, 9.17) is 10.3 Å². The van der Waals surface area contributed by atoms with E-state index < -0.39 is 0 Å². The van der Waals surface area contributed by atoms with Crippen LogP contribution >= 0.6 is 11.3 Å². The Kier molecular flexibility index (Phi) is 2.82. The fraction of sp³-hybridized carbons (Fsp3) is 0.250. The molecular formula is C16H15N3OS. The normalized spacial score (nSPS) is 16.6. The van der Waals surface area contributed by atoms with Crippen molar-refractivity contribution >= 4 is 16.3 Å². The van der Waals surface area contributed by atoms with Gasteiger partial charge in [0.15, 0.2) is 5.82 Å². The van der Waals surface area contributed by atoms with Gasteiger partial charge in [-0.05, 0) is 30.5 Å². The number of hydrogen-bond acceptors (Lipinski definition) is 5. The van der Waals surface area contributed by atoms with Gasteiger partial charge < -0.3 is 10.3 Å². The number of rotatable bonds is 3. The molecular weight excluding hydrogens is 282 g/mol. The summed E-state index contributed by atoms with van der Waals surface area (Å²) in [6, 6.07) is 14.3. The molecule has 2 heterocycles. The van der Waals surface area contributed by atoms with Crippen LogP contribution in [0.3, 0.4) is 0 Å². The molecule has 0 saturated heterocycles. The molecule has 1 fully saturated rings. The Morgan fingerprint density at radius 3 is 2.52 bits per heavy atom. The minimum absolute atomic E-state index is 0.0776. The lowest BCUT2D eigenvalue weighted by Gasteiger charge is -2.39. The van der Waals surface area contributed by atoms with Gasteiger partial charge in [0.25, 0.3) is 5.89 Å². The standard InChI is InChI=1S/C16H15N3OS/c17-13-8-7-12(21-13)14-18-15(19-20-14)16(9-4-10-16)11-5-2-1-3-6-11/h1-3,5-8H,4,9-10,17H2. The van der Waals surface area contributed by atoms with Gasteiger partial charge in [-0.1, -0.05) is 41.9 Å². The van der Waals surface area contributed by atoms with Crippen molar-refractivity contribution in [2.45, 2.75) is 24.7 Å². The van der Waals surface area contributed by atoms with E-state index in [1.54, 1.807) is 0 Å². The molecule has 0 aliphatic heterocycles. The maximum absolute atomic E-state index is 5.77. The van der Waals surface area contributed by atoms with E-state index in [9.17, 15) is 0 Å². The number of anilines is 1. The Hall–Kier alpha value is -2.14. The Morgan fingerprint density at radius 2 is 1.90 bits per heavy atom. The molecule has 106 valence electrons. The van der Waals surface area contributed by atoms with E-state index in [-0.39, 0.29) is 5.41 Å². The van der Waals surface area contributed by atoms with Crippen LogP contribution in [0.4, 0.5) is 5.00 Å². The first-order valence-electron chi connectivity index (χ1n) is 7.03. The van der Waals surface area contributed by atoms with Crippen LogP contribution in [0.5, 0.6) is 0 Å². The van der Waals surface area contributed by atoms with Gasteiger partial charge in [0.1, 0.15) is 0 Å². The van der Waals surface area contributed by atoms with E-state index in [1.165, 1.54) is 23.3 Å². The number of benzene rings is 1. The molecule has 1 aromatic carbocycles. The molecule has 1 saturated carbocycles. The van der Waals surface area contributed by atoms with E-state index in [0.29, 0.717) is 5.89 Å².